The molecule has 1 aliphatic rings. The molecule has 41 heavy (non-hydrogen) atoms. The van der Waals surface area contributed by atoms with Crippen LogP contribution < -0.4 is 15.4 Å². The maximum atomic E-state index is 12.5. The van der Waals surface area contributed by atoms with E-state index in [1.54, 1.807) is 24.4 Å². The maximum absolute atomic E-state index is 12.5. The number of ether oxygens (including phenoxy) is 3. The molecule has 1 aliphatic heterocycles. The molecule has 0 amide bonds. The maximum Gasteiger partial charge on any atom is 0.338 e. The average molecular weight is 557 g/mol. The van der Waals surface area contributed by atoms with Crippen LogP contribution in [0.1, 0.15) is 36.7 Å². The molecule has 0 saturated carbocycles. The summed E-state index contributed by atoms with van der Waals surface area (Å²) in [4.78, 5) is 28.2. The SMILES string of the molecule is Cc1cc(Nc2ncnc3cnc(NCCN4CCOCC4)cc23)ccc1Oc1cccc(C(=O)OC(C)(C)C)c1. The number of benzene rings is 2. The Hall–Kier alpha value is -4.28. The smallest absolute Gasteiger partial charge is 0.338 e. The molecule has 0 atom stereocenters. The Morgan fingerprint density at radius 1 is 1.05 bits per heavy atom. The third-order valence-electron chi connectivity index (χ3n) is 6.49. The van der Waals surface area contributed by atoms with E-state index in [-0.39, 0.29) is 5.97 Å². The van der Waals surface area contributed by atoms with Gasteiger partial charge in [0.15, 0.2) is 0 Å². The molecule has 2 N–H and O–H groups in total. The quantitative estimate of drug-likeness (QED) is 0.254. The molecule has 0 bridgehead atoms. The van der Waals surface area contributed by atoms with Crippen LogP contribution >= 0.6 is 0 Å². The van der Waals surface area contributed by atoms with Gasteiger partial charge in [-0.25, -0.2) is 19.7 Å². The number of morpholine rings is 1. The first-order valence-corrected chi connectivity index (χ1v) is 13.8. The zero-order valence-electron chi connectivity index (χ0n) is 23.9. The van der Waals surface area contributed by atoms with Gasteiger partial charge < -0.3 is 24.8 Å². The van der Waals surface area contributed by atoms with E-state index in [1.807, 2.05) is 58.0 Å². The zero-order valence-corrected chi connectivity index (χ0v) is 23.9. The van der Waals surface area contributed by atoms with Gasteiger partial charge in [-0.05, 0) is 75.7 Å². The lowest BCUT2D eigenvalue weighted by Gasteiger charge is -2.26. The molecule has 1 saturated heterocycles. The lowest BCUT2D eigenvalue weighted by Crippen LogP contribution is -2.39. The van der Waals surface area contributed by atoms with Gasteiger partial charge >= 0.3 is 5.97 Å². The number of aryl methyl sites for hydroxylation is 1. The number of nitrogens with zero attached hydrogens (tertiary/aromatic N) is 4. The third-order valence-corrected chi connectivity index (χ3v) is 6.49. The van der Waals surface area contributed by atoms with Crippen molar-refractivity contribution < 1.29 is 19.0 Å². The molecule has 3 heterocycles. The van der Waals surface area contributed by atoms with Crippen LogP contribution in [0.5, 0.6) is 11.5 Å². The summed E-state index contributed by atoms with van der Waals surface area (Å²) in [7, 11) is 0. The second kappa shape index (κ2) is 12.5. The van der Waals surface area contributed by atoms with Gasteiger partial charge in [-0.15, -0.1) is 0 Å². The molecular weight excluding hydrogens is 520 g/mol. The molecule has 2 aromatic heterocycles. The molecule has 2 aromatic carbocycles. The van der Waals surface area contributed by atoms with E-state index in [2.05, 4.69) is 30.5 Å². The van der Waals surface area contributed by atoms with Gasteiger partial charge in [0.05, 0.1) is 30.5 Å². The Balaban J connectivity index is 1.26. The molecular formula is C31H36N6O4. The second-order valence-corrected chi connectivity index (χ2v) is 10.9. The van der Waals surface area contributed by atoms with Crippen molar-refractivity contribution in [2.24, 2.45) is 0 Å². The third kappa shape index (κ3) is 7.68. The predicted octanol–water partition coefficient (Wildman–Crippen LogP) is 5.57. The van der Waals surface area contributed by atoms with E-state index in [4.69, 9.17) is 14.2 Å². The first kappa shape index (κ1) is 28.3. The van der Waals surface area contributed by atoms with Crippen LogP contribution in [0.25, 0.3) is 10.9 Å². The van der Waals surface area contributed by atoms with Gasteiger partial charge in [-0.1, -0.05) is 6.07 Å². The Morgan fingerprint density at radius 2 is 1.88 bits per heavy atom. The Kier molecular flexibility index (Phi) is 8.61. The van der Waals surface area contributed by atoms with Gasteiger partial charge in [0, 0.05) is 37.3 Å². The summed E-state index contributed by atoms with van der Waals surface area (Å²) in [6, 6.07) is 14.8. The number of carbonyl (C=O) groups excluding carboxylic acids is 1. The number of hydrogen-bond donors (Lipinski definition) is 2. The molecule has 10 nitrogen and oxygen atoms in total. The van der Waals surface area contributed by atoms with Crippen LogP contribution in [0, 0.1) is 6.92 Å². The van der Waals surface area contributed by atoms with Crippen molar-refractivity contribution in [1.29, 1.82) is 0 Å². The highest BCUT2D eigenvalue weighted by Gasteiger charge is 2.18. The number of anilines is 3. The lowest BCUT2D eigenvalue weighted by atomic mass is 10.1. The summed E-state index contributed by atoms with van der Waals surface area (Å²) in [5.41, 5.74) is 2.40. The average Bonchev–Trinajstić information content (AvgIpc) is 2.95. The van der Waals surface area contributed by atoms with Crippen molar-refractivity contribution in [3.05, 3.63) is 72.2 Å². The van der Waals surface area contributed by atoms with Gasteiger partial charge in [-0.2, -0.15) is 0 Å². The first-order chi connectivity index (χ1) is 19.7. The van der Waals surface area contributed by atoms with E-state index in [9.17, 15) is 4.79 Å². The van der Waals surface area contributed by atoms with Crippen LogP contribution in [0.15, 0.2) is 61.1 Å². The molecule has 214 valence electrons. The fourth-order valence-corrected chi connectivity index (χ4v) is 4.45. The van der Waals surface area contributed by atoms with Crippen molar-refractivity contribution in [2.75, 3.05) is 50.0 Å². The van der Waals surface area contributed by atoms with Crippen LogP contribution in [0.2, 0.25) is 0 Å². The van der Waals surface area contributed by atoms with E-state index in [0.717, 1.165) is 67.4 Å². The number of aromatic nitrogens is 3. The highest BCUT2D eigenvalue weighted by atomic mass is 16.6. The van der Waals surface area contributed by atoms with Crippen molar-refractivity contribution in [3.63, 3.8) is 0 Å². The van der Waals surface area contributed by atoms with Crippen LogP contribution in [-0.4, -0.2) is 70.8 Å². The molecule has 0 spiro atoms. The summed E-state index contributed by atoms with van der Waals surface area (Å²) in [6.45, 7) is 12.7. The van der Waals surface area contributed by atoms with Gasteiger partial charge in [0.2, 0.25) is 0 Å². The predicted molar refractivity (Wildman–Crippen MR) is 159 cm³/mol. The highest BCUT2D eigenvalue weighted by molar-refractivity contribution is 5.92. The second-order valence-electron chi connectivity index (χ2n) is 10.9. The molecule has 0 aliphatic carbocycles. The van der Waals surface area contributed by atoms with Crippen LogP contribution in [0.3, 0.4) is 0 Å². The van der Waals surface area contributed by atoms with Crippen molar-refractivity contribution >= 4 is 34.2 Å². The largest absolute Gasteiger partial charge is 0.457 e. The Bertz CT molecular complexity index is 1510. The van der Waals surface area contributed by atoms with E-state index in [1.165, 1.54) is 6.33 Å². The Labute approximate surface area is 240 Å². The van der Waals surface area contributed by atoms with Crippen molar-refractivity contribution in [2.45, 2.75) is 33.3 Å². The summed E-state index contributed by atoms with van der Waals surface area (Å²) < 4.78 is 17.0. The number of pyridine rings is 1. The van der Waals surface area contributed by atoms with Crippen LogP contribution in [0.4, 0.5) is 17.3 Å². The number of esters is 1. The molecule has 5 rings (SSSR count). The van der Waals surface area contributed by atoms with E-state index < -0.39 is 5.60 Å². The number of hydrogen-bond acceptors (Lipinski definition) is 10. The fourth-order valence-electron chi connectivity index (χ4n) is 4.45. The number of carbonyl (C=O) groups is 1. The zero-order chi connectivity index (χ0) is 28.8. The van der Waals surface area contributed by atoms with Gasteiger partial charge in [-0.3, -0.25) is 4.90 Å². The summed E-state index contributed by atoms with van der Waals surface area (Å²) in [5.74, 6) is 2.31. The summed E-state index contributed by atoms with van der Waals surface area (Å²) in [6.07, 6.45) is 3.28. The molecule has 0 radical (unpaired) electrons. The van der Waals surface area contributed by atoms with Crippen molar-refractivity contribution in [1.82, 2.24) is 19.9 Å². The monoisotopic (exact) mass is 556 g/mol. The standard InChI is InChI=1S/C31H36N6O4/c1-21-16-23(8-9-27(21)40-24-7-5-6-22(17-24)30(38)41-31(2,3)4)36-29-25-18-28(33-19-26(25)34-20-35-29)32-10-11-37-12-14-39-15-13-37/h5-9,16-20H,10-15H2,1-4H3,(H,32,33)(H,34,35,36). The highest BCUT2D eigenvalue weighted by Crippen LogP contribution is 2.31. The molecule has 4 aromatic rings. The first-order valence-electron chi connectivity index (χ1n) is 13.8. The normalized spacial score (nSPS) is 14.0. The fraction of sp³-hybridized carbons (Fsp3) is 0.355. The molecule has 0 unspecified atom stereocenters. The Morgan fingerprint density at radius 3 is 2.66 bits per heavy atom. The summed E-state index contributed by atoms with van der Waals surface area (Å²) in [5, 5.41) is 7.70. The number of rotatable bonds is 9. The van der Waals surface area contributed by atoms with Gasteiger partial charge in [0.25, 0.3) is 0 Å². The summed E-state index contributed by atoms with van der Waals surface area (Å²) >= 11 is 0. The minimum absolute atomic E-state index is 0.387. The minimum Gasteiger partial charge on any atom is -0.457 e. The number of fused-ring (bicyclic) bond motifs is 1. The molecule has 1 fully saturated rings. The van der Waals surface area contributed by atoms with Crippen LogP contribution in [-0.2, 0) is 9.47 Å². The minimum atomic E-state index is -0.569. The van der Waals surface area contributed by atoms with E-state index in [0.29, 0.717) is 22.9 Å². The molecule has 10 heteroatoms. The van der Waals surface area contributed by atoms with Gasteiger partial charge in [0.1, 0.15) is 35.1 Å². The number of nitrogens with one attached hydrogen (secondary N) is 2. The lowest BCUT2D eigenvalue weighted by molar-refractivity contribution is 0.00691. The van der Waals surface area contributed by atoms with E-state index >= 15 is 0 Å². The van der Waals surface area contributed by atoms with Crippen molar-refractivity contribution in [3.8, 4) is 11.5 Å². The topological polar surface area (TPSA) is 111 Å².